The number of hydrogen-bond donors (Lipinski definition) is 2. The Morgan fingerprint density at radius 1 is 1.27 bits per heavy atom. The predicted molar refractivity (Wildman–Crippen MR) is 91.7 cm³/mol. The summed E-state index contributed by atoms with van der Waals surface area (Å²) in [5.74, 6) is 1.28. The maximum Gasteiger partial charge on any atom is 0.332 e. The van der Waals surface area contributed by atoms with Crippen molar-refractivity contribution in [3.05, 3.63) is 35.4 Å². The molecule has 0 spiro atoms. The lowest BCUT2D eigenvalue weighted by molar-refractivity contribution is 0.211. The van der Waals surface area contributed by atoms with Gasteiger partial charge in [0, 0.05) is 19.6 Å². The van der Waals surface area contributed by atoms with Gasteiger partial charge in [-0.05, 0) is 29.0 Å². The van der Waals surface area contributed by atoms with Gasteiger partial charge in [0.2, 0.25) is 0 Å². The van der Waals surface area contributed by atoms with Crippen LogP contribution < -0.4 is 11.2 Å². The minimum Gasteiger partial charge on any atom is -0.350 e. The van der Waals surface area contributed by atoms with Crippen LogP contribution in [0.4, 0.5) is 4.79 Å². The summed E-state index contributed by atoms with van der Waals surface area (Å²) in [4.78, 5) is 13.1. The predicted octanol–water partition coefficient (Wildman–Crippen LogP) is 2.80. The first-order chi connectivity index (χ1) is 10.4. The van der Waals surface area contributed by atoms with Gasteiger partial charge in [-0.2, -0.15) is 5.10 Å². The second-order valence-corrected chi connectivity index (χ2v) is 6.46. The maximum absolute atomic E-state index is 10.6. The molecule has 0 bridgehead atoms. The molecule has 0 aliphatic rings. The number of carbonyl (C=O) groups is 1. The molecule has 0 aliphatic heterocycles. The van der Waals surface area contributed by atoms with Crippen LogP contribution >= 0.6 is 0 Å². The molecule has 5 nitrogen and oxygen atoms in total. The Bertz CT molecular complexity index is 487. The highest BCUT2D eigenvalue weighted by molar-refractivity contribution is 5.81. The first-order valence-corrected chi connectivity index (χ1v) is 7.76. The molecular weight excluding hydrogens is 276 g/mol. The number of primary amides is 1. The number of amides is 2. The number of nitrogens with zero attached hydrogens (tertiary/aromatic N) is 2. The van der Waals surface area contributed by atoms with Gasteiger partial charge in [-0.15, -0.1) is 0 Å². The monoisotopic (exact) mass is 304 g/mol. The minimum atomic E-state index is -0.660. The number of rotatable bonds is 8. The summed E-state index contributed by atoms with van der Waals surface area (Å²) in [6.45, 7) is 12.1. The molecule has 0 radical (unpaired) electrons. The van der Waals surface area contributed by atoms with Crippen molar-refractivity contribution in [2.75, 3.05) is 13.1 Å². The van der Waals surface area contributed by atoms with Crippen LogP contribution in [0.1, 0.15) is 38.8 Å². The van der Waals surface area contributed by atoms with Crippen molar-refractivity contribution in [3.8, 4) is 0 Å². The highest BCUT2D eigenvalue weighted by Gasteiger charge is 2.10. The summed E-state index contributed by atoms with van der Waals surface area (Å²) in [5, 5.41) is 3.80. The van der Waals surface area contributed by atoms with Crippen molar-refractivity contribution in [2.45, 2.75) is 34.2 Å². The smallest absolute Gasteiger partial charge is 0.332 e. The van der Waals surface area contributed by atoms with Crippen LogP contribution in [0.5, 0.6) is 0 Å². The highest BCUT2D eigenvalue weighted by Crippen LogP contribution is 2.11. The Hall–Kier alpha value is -1.88. The third-order valence-electron chi connectivity index (χ3n) is 2.99. The molecule has 0 aliphatic carbocycles. The zero-order valence-corrected chi connectivity index (χ0v) is 14.0. The number of benzene rings is 1. The van der Waals surface area contributed by atoms with Crippen molar-refractivity contribution in [1.82, 2.24) is 10.3 Å². The van der Waals surface area contributed by atoms with E-state index in [-0.39, 0.29) is 0 Å². The van der Waals surface area contributed by atoms with Crippen LogP contribution in [-0.2, 0) is 6.54 Å². The number of urea groups is 1. The second-order valence-electron chi connectivity index (χ2n) is 6.46. The van der Waals surface area contributed by atoms with E-state index in [4.69, 9.17) is 5.73 Å². The summed E-state index contributed by atoms with van der Waals surface area (Å²) < 4.78 is 0. The van der Waals surface area contributed by atoms with Crippen molar-refractivity contribution in [3.63, 3.8) is 0 Å². The topological polar surface area (TPSA) is 70.7 Å². The molecule has 2 amide bonds. The molecule has 1 aromatic carbocycles. The lowest BCUT2D eigenvalue weighted by Crippen LogP contribution is -2.30. The molecule has 1 aromatic rings. The summed E-state index contributed by atoms with van der Waals surface area (Å²) in [6.07, 6.45) is 1.60. The minimum absolute atomic E-state index is 0.642. The molecule has 3 N–H and O–H groups in total. The van der Waals surface area contributed by atoms with Crippen LogP contribution in [0.3, 0.4) is 0 Å². The first kappa shape index (κ1) is 18.2. The van der Waals surface area contributed by atoms with E-state index in [1.165, 1.54) is 5.56 Å². The fourth-order valence-corrected chi connectivity index (χ4v) is 2.44. The average molecular weight is 304 g/mol. The SMILES string of the molecule is CC(C)CN(Cc1cccc(C=NNC(N)=O)c1)CC(C)C. The van der Waals surface area contributed by atoms with Crippen molar-refractivity contribution in [2.24, 2.45) is 22.7 Å². The van der Waals surface area contributed by atoms with E-state index in [9.17, 15) is 4.79 Å². The van der Waals surface area contributed by atoms with Crippen molar-refractivity contribution in [1.29, 1.82) is 0 Å². The second kappa shape index (κ2) is 9.20. The number of nitrogens with one attached hydrogen (secondary N) is 1. The van der Waals surface area contributed by atoms with E-state index in [2.05, 4.69) is 55.3 Å². The van der Waals surface area contributed by atoms with Gasteiger partial charge in [0.25, 0.3) is 0 Å². The summed E-state index contributed by atoms with van der Waals surface area (Å²) in [7, 11) is 0. The van der Waals surface area contributed by atoms with E-state index < -0.39 is 6.03 Å². The molecule has 0 fully saturated rings. The number of carbonyl (C=O) groups excluding carboxylic acids is 1. The third kappa shape index (κ3) is 7.78. The van der Waals surface area contributed by atoms with E-state index in [0.29, 0.717) is 11.8 Å². The van der Waals surface area contributed by atoms with E-state index in [1.54, 1.807) is 6.21 Å². The number of hydrazone groups is 1. The van der Waals surface area contributed by atoms with Crippen LogP contribution in [0.2, 0.25) is 0 Å². The zero-order valence-electron chi connectivity index (χ0n) is 14.0. The Balaban J connectivity index is 2.73. The molecular formula is C17H28N4O. The Morgan fingerprint density at radius 2 is 1.91 bits per heavy atom. The third-order valence-corrected chi connectivity index (χ3v) is 2.99. The quantitative estimate of drug-likeness (QED) is 0.572. The van der Waals surface area contributed by atoms with Crippen molar-refractivity contribution < 1.29 is 4.79 Å². The fraction of sp³-hybridized carbons (Fsp3) is 0.529. The van der Waals surface area contributed by atoms with E-state index in [0.717, 1.165) is 25.2 Å². The number of nitrogens with two attached hydrogens (primary N) is 1. The maximum atomic E-state index is 10.6. The van der Waals surface area contributed by atoms with Crippen molar-refractivity contribution >= 4 is 12.2 Å². The summed E-state index contributed by atoms with van der Waals surface area (Å²) >= 11 is 0. The van der Waals surface area contributed by atoms with Gasteiger partial charge in [-0.1, -0.05) is 45.9 Å². The van der Waals surface area contributed by atoms with Gasteiger partial charge < -0.3 is 5.73 Å². The normalized spacial score (nSPS) is 11.8. The van der Waals surface area contributed by atoms with Crippen LogP contribution in [0.15, 0.2) is 29.4 Å². The largest absolute Gasteiger partial charge is 0.350 e. The molecule has 0 saturated heterocycles. The molecule has 0 saturated carbocycles. The van der Waals surface area contributed by atoms with Gasteiger partial charge in [0.05, 0.1) is 6.21 Å². The lowest BCUT2D eigenvalue weighted by atomic mass is 10.1. The first-order valence-electron chi connectivity index (χ1n) is 7.76. The fourth-order valence-electron chi connectivity index (χ4n) is 2.44. The van der Waals surface area contributed by atoms with Crippen LogP contribution in [0, 0.1) is 11.8 Å². The molecule has 22 heavy (non-hydrogen) atoms. The Kier molecular flexibility index (Phi) is 7.60. The summed E-state index contributed by atoms with van der Waals surface area (Å²) in [6, 6.07) is 7.49. The van der Waals surface area contributed by atoms with Gasteiger partial charge in [-0.3, -0.25) is 4.90 Å². The molecule has 5 heteroatoms. The molecule has 1 rings (SSSR count). The lowest BCUT2D eigenvalue weighted by Gasteiger charge is -2.26. The molecule has 0 heterocycles. The standard InChI is InChI=1S/C17H28N4O/c1-13(2)10-21(11-14(3)4)12-16-7-5-6-15(8-16)9-19-20-17(18)22/h5-9,13-14H,10-12H2,1-4H3,(H3,18,20,22). The Morgan fingerprint density at radius 3 is 2.45 bits per heavy atom. The van der Waals surface area contributed by atoms with E-state index >= 15 is 0 Å². The van der Waals surface area contributed by atoms with Gasteiger partial charge in [0.1, 0.15) is 0 Å². The zero-order chi connectivity index (χ0) is 16.5. The average Bonchev–Trinajstić information content (AvgIpc) is 2.37. The molecule has 122 valence electrons. The number of hydrogen-bond acceptors (Lipinski definition) is 3. The van der Waals surface area contributed by atoms with Crippen LogP contribution in [-0.4, -0.2) is 30.2 Å². The molecule has 0 unspecified atom stereocenters. The van der Waals surface area contributed by atoms with Crippen LogP contribution in [0.25, 0.3) is 0 Å². The Labute approximate surface area is 133 Å². The van der Waals surface area contributed by atoms with E-state index in [1.807, 2.05) is 12.1 Å². The summed E-state index contributed by atoms with van der Waals surface area (Å²) in [5.41, 5.74) is 9.36. The van der Waals surface area contributed by atoms with Gasteiger partial charge in [0.15, 0.2) is 0 Å². The van der Waals surface area contributed by atoms with Gasteiger partial charge >= 0.3 is 6.03 Å². The molecule has 0 atom stereocenters. The highest BCUT2D eigenvalue weighted by atomic mass is 16.2. The van der Waals surface area contributed by atoms with Gasteiger partial charge in [-0.25, -0.2) is 10.2 Å². The molecule has 0 aromatic heterocycles.